The molecule has 4 rings (SSSR count). The van der Waals surface area contributed by atoms with E-state index >= 15 is 0 Å². The molecule has 1 fully saturated rings. The number of Topliss-reactive ketones (excluding diaryl/α,β-unsaturated/α-hetero) is 1. The van der Waals surface area contributed by atoms with Gasteiger partial charge in [0, 0.05) is 16.1 Å². The molecule has 3 aromatic rings. The normalized spacial score (nSPS) is 17.8. The maximum atomic E-state index is 13.3. The number of amides is 1. The number of ether oxygens (including phenoxy) is 1. The molecule has 7 heteroatoms. The highest BCUT2D eigenvalue weighted by molar-refractivity contribution is 7.10. The van der Waals surface area contributed by atoms with E-state index in [2.05, 4.69) is 0 Å². The molecule has 1 N–H and O–H groups in total. The van der Waals surface area contributed by atoms with Crippen molar-refractivity contribution in [3.8, 4) is 5.75 Å². The Morgan fingerprint density at radius 2 is 1.81 bits per heavy atom. The second-order valence-corrected chi connectivity index (χ2v) is 9.13. The lowest BCUT2D eigenvalue weighted by atomic mass is 9.95. The van der Waals surface area contributed by atoms with Crippen LogP contribution in [0, 0.1) is 20.8 Å². The number of carbonyl (C=O) groups is 2. The van der Waals surface area contributed by atoms with Crippen LogP contribution in [0.1, 0.15) is 33.2 Å². The van der Waals surface area contributed by atoms with Gasteiger partial charge in [0.05, 0.1) is 17.7 Å². The van der Waals surface area contributed by atoms with Crippen molar-refractivity contribution in [2.75, 3.05) is 12.0 Å². The lowest BCUT2D eigenvalue weighted by Crippen LogP contribution is -2.29. The van der Waals surface area contributed by atoms with E-state index in [9.17, 15) is 14.7 Å². The second kappa shape index (κ2) is 8.45. The van der Waals surface area contributed by atoms with Crippen LogP contribution in [0.5, 0.6) is 5.75 Å². The molecule has 1 amide bonds. The van der Waals surface area contributed by atoms with Gasteiger partial charge in [0.25, 0.3) is 11.7 Å². The number of benzene rings is 2. The van der Waals surface area contributed by atoms with Crippen LogP contribution in [-0.2, 0) is 9.59 Å². The van der Waals surface area contributed by atoms with E-state index in [0.29, 0.717) is 22.0 Å². The number of thiophene rings is 1. The van der Waals surface area contributed by atoms with Gasteiger partial charge in [0.15, 0.2) is 0 Å². The molecule has 0 bridgehead atoms. The van der Waals surface area contributed by atoms with E-state index in [1.165, 1.54) is 23.3 Å². The SMILES string of the molecule is COc1ccc(N2C(=O)C(=O)/C(=C(\O)c3cc(C)ccc3C)C2c2sccc2C)cc1Cl. The summed E-state index contributed by atoms with van der Waals surface area (Å²) in [6.45, 7) is 5.69. The summed E-state index contributed by atoms with van der Waals surface area (Å²) in [6, 6.07) is 11.7. The van der Waals surface area contributed by atoms with Crippen LogP contribution in [0.2, 0.25) is 5.02 Å². The molecule has 0 radical (unpaired) electrons. The first kappa shape index (κ1) is 22.1. The van der Waals surface area contributed by atoms with Crippen LogP contribution in [0.4, 0.5) is 5.69 Å². The molecular formula is C25H22ClNO4S. The van der Waals surface area contributed by atoms with E-state index in [1.807, 2.05) is 50.4 Å². The molecule has 1 atom stereocenters. The molecule has 32 heavy (non-hydrogen) atoms. The highest BCUT2D eigenvalue weighted by Crippen LogP contribution is 2.46. The largest absolute Gasteiger partial charge is 0.507 e. The molecule has 2 heterocycles. The second-order valence-electron chi connectivity index (χ2n) is 7.77. The third-order valence-corrected chi connectivity index (χ3v) is 7.02. The van der Waals surface area contributed by atoms with Gasteiger partial charge < -0.3 is 9.84 Å². The van der Waals surface area contributed by atoms with Crippen molar-refractivity contribution in [3.63, 3.8) is 0 Å². The van der Waals surface area contributed by atoms with E-state index in [-0.39, 0.29) is 11.3 Å². The third kappa shape index (κ3) is 3.59. The molecule has 2 aromatic carbocycles. The standard InChI is InChI=1S/C25H22ClNO4S/c1-13-5-6-14(2)17(11-13)22(28)20-21(24-15(3)9-10-32-24)27(25(30)23(20)29)16-7-8-19(31-4)18(26)12-16/h5-12,21,28H,1-4H3/b22-20-. The van der Waals surface area contributed by atoms with Crippen LogP contribution >= 0.6 is 22.9 Å². The van der Waals surface area contributed by atoms with Crippen LogP contribution in [0.25, 0.3) is 5.76 Å². The number of rotatable bonds is 4. The van der Waals surface area contributed by atoms with Gasteiger partial charge in [-0.05, 0) is 67.6 Å². The molecule has 0 spiro atoms. The van der Waals surface area contributed by atoms with Gasteiger partial charge in [0.1, 0.15) is 17.6 Å². The van der Waals surface area contributed by atoms with E-state index in [1.54, 1.807) is 18.2 Å². The summed E-state index contributed by atoms with van der Waals surface area (Å²) < 4.78 is 5.22. The zero-order valence-corrected chi connectivity index (χ0v) is 19.7. The van der Waals surface area contributed by atoms with Crippen LogP contribution in [0.3, 0.4) is 0 Å². The van der Waals surface area contributed by atoms with Crippen molar-refractivity contribution in [3.05, 3.63) is 85.6 Å². The zero-order chi connectivity index (χ0) is 23.2. The Labute approximate surface area is 195 Å². The Kier molecular flexibility index (Phi) is 5.84. The summed E-state index contributed by atoms with van der Waals surface area (Å²) in [5.41, 5.74) is 3.75. The number of aliphatic hydroxyl groups is 1. The first-order chi connectivity index (χ1) is 15.2. The van der Waals surface area contributed by atoms with Gasteiger partial charge in [0.2, 0.25) is 0 Å². The number of hydrogen-bond acceptors (Lipinski definition) is 5. The van der Waals surface area contributed by atoms with Gasteiger partial charge in [-0.25, -0.2) is 0 Å². The Hall–Kier alpha value is -3.09. The van der Waals surface area contributed by atoms with Gasteiger partial charge in [-0.3, -0.25) is 14.5 Å². The van der Waals surface area contributed by atoms with Gasteiger partial charge in [-0.2, -0.15) is 0 Å². The number of hydrogen-bond donors (Lipinski definition) is 1. The number of ketones is 1. The molecule has 0 aliphatic carbocycles. The summed E-state index contributed by atoms with van der Waals surface area (Å²) in [5.74, 6) is -1.15. The molecule has 1 saturated heterocycles. The number of aryl methyl sites for hydroxylation is 3. The molecule has 1 aliphatic rings. The topological polar surface area (TPSA) is 66.8 Å². The Balaban J connectivity index is 1.97. The number of carbonyl (C=O) groups excluding carboxylic acids is 2. The number of halogens is 1. The highest BCUT2D eigenvalue weighted by Gasteiger charge is 2.48. The van der Waals surface area contributed by atoms with Gasteiger partial charge >= 0.3 is 0 Å². The average molecular weight is 468 g/mol. The van der Waals surface area contributed by atoms with E-state index in [0.717, 1.165) is 21.6 Å². The average Bonchev–Trinajstić information content (AvgIpc) is 3.29. The van der Waals surface area contributed by atoms with Crippen molar-refractivity contribution in [2.45, 2.75) is 26.8 Å². The minimum atomic E-state index is -0.764. The van der Waals surface area contributed by atoms with Gasteiger partial charge in [-0.15, -0.1) is 11.3 Å². The molecule has 5 nitrogen and oxygen atoms in total. The predicted molar refractivity (Wildman–Crippen MR) is 128 cm³/mol. The molecule has 1 aliphatic heterocycles. The Morgan fingerprint density at radius 1 is 1.06 bits per heavy atom. The summed E-state index contributed by atoms with van der Waals surface area (Å²) in [5, 5.41) is 13.5. The van der Waals surface area contributed by atoms with Crippen molar-refractivity contribution in [2.24, 2.45) is 0 Å². The Morgan fingerprint density at radius 3 is 2.44 bits per heavy atom. The van der Waals surface area contributed by atoms with Crippen LogP contribution in [-0.4, -0.2) is 23.9 Å². The maximum Gasteiger partial charge on any atom is 0.300 e. The maximum absolute atomic E-state index is 13.3. The number of nitrogens with zero attached hydrogens (tertiary/aromatic N) is 1. The van der Waals surface area contributed by atoms with E-state index in [4.69, 9.17) is 16.3 Å². The number of anilines is 1. The molecule has 1 unspecified atom stereocenters. The summed E-state index contributed by atoms with van der Waals surface area (Å²) in [7, 11) is 1.51. The number of methoxy groups -OCH3 is 1. The summed E-state index contributed by atoms with van der Waals surface area (Å²) in [4.78, 5) is 28.7. The monoisotopic (exact) mass is 467 g/mol. The Bertz CT molecular complexity index is 1280. The lowest BCUT2D eigenvalue weighted by molar-refractivity contribution is -0.132. The quantitative estimate of drug-likeness (QED) is 0.292. The fourth-order valence-corrected chi connectivity index (χ4v) is 5.23. The molecule has 1 aromatic heterocycles. The first-order valence-corrected chi connectivity index (χ1v) is 11.3. The smallest absolute Gasteiger partial charge is 0.300 e. The van der Waals surface area contributed by atoms with Crippen molar-refractivity contribution in [1.29, 1.82) is 0 Å². The fraction of sp³-hybridized carbons (Fsp3) is 0.200. The highest BCUT2D eigenvalue weighted by atomic mass is 35.5. The predicted octanol–water partition coefficient (Wildman–Crippen LogP) is 5.96. The van der Waals surface area contributed by atoms with Gasteiger partial charge in [-0.1, -0.05) is 29.3 Å². The summed E-state index contributed by atoms with van der Waals surface area (Å²) in [6.07, 6.45) is 0. The minimum Gasteiger partial charge on any atom is -0.507 e. The van der Waals surface area contributed by atoms with Crippen LogP contribution < -0.4 is 9.64 Å². The molecule has 0 saturated carbocycles. The zero-order valence-electron chi connectivity index (χ0n) is 18.1. The molecule has 164 valence electrons. The first-order valence-electron chi connectivity index (χ1n) is 10.0. The minimum absolute atomic E-state index is 0.0705. The third-order valence-electron chi connectivity index (χ3n) is 5.66. The number of aliphatic hydroxyl groups excluding tert-OH is 1. The van der Waals surface area contributed by atoms with Crippen molar-refractivity contribution >= 4 is 46.1 Å². The van der Waals surface area contributed by atoms with Crippen molar-refractivity contribution in [1.82, 2.24) is 0 Å². The lowest BCUT2D eigenvalue weighted by Gasteiger charge is -2.25. The fourth-order valence-electron chi connectivity index (χ4n) is 3.95. The van der Waals surface area contributed by atoms with Crippen LogP contribution in [0.15, 0.2) is 53.4 Å². The van der Waals surface area contributed by atoms with E-state index < -0.39 is 17.7 Å². The molecular weight excluding hydrogens is 446 g/mol. The summed E-state index contributed by atoms with van der Waals surface area (Å²) >= 11 is 7.76. The van der Waals surface area contributed by atoms with Crippen molar-refractivity contribution < 1.29 is 19.4 Å².